The summed E-state index contributed by atoms with van der Waals surface area (Å²) in [5.41, 5.74) is 0.812. The zero-order valence-corrected chi connectivity index (χ0v) is 12.1. The minimum Gasteiger partial charge on any atom is -0.505 e. The Balaban J connectivity index is 2.09. The Morgan fingerprint density at radius 1 is 1.33 bits per heavy atom. The first-order valence-corrected chi connectivity index (χ1v) is 7.01. The second-order valence-electron chi connectivity index (χ2n) is 4.42. The number of carbonyl (C=O) groups is 2. The van der Waals surface area contributed by atoms with Gasteiger partial charge in [0.25, 0.3) is 0 Å². The van der Waals surface area contributed by atoms with Gasteiger partial charge in [0.1, 0.15) is 5.56 Å². The summed E-state index contributed by atoms with van der Waals surface area (Å²) in [4.78, 5) is 24.4. The predicted octanol–water partition coefficient (Wildman–Crippen LogP) is 2.82. The van der Waals surface area contributed by atoms with Gasteiger partial charge in [-0.2, -0.15) is 11.3 Å². The van der Waals surface area contributed by atoms with Crippen molar-refractivity contribution in [3.63, 3.8) is 0 Å². The van der Waals surface area contributed by atoms with Crippen LogP contribution in [0, 0.1) is 0 Å². The molecule has 0 aliphatic heterocycles. The molecule has 0 atom stereocenters. The number of para-hydroxylation sites is 1. The molecule has 7 heteroatoms. The highest BCUT2D eigenvalue weighted by atomic mass is 32.1. The summed E-state index contributed by atoms with van der Waals surface area (Å²) in [6, 6.07) is 5.65. The van der Waals surface area contributed by atoms with Crippen molar-refractivity contribution in [3.8, 4) is 5.75 Å². The van der Waals surface area contributed by atoms with Gasteiger partial charge >= 0.3 is 12.0 Å². The lowest BCUT2D eigenvalue weighted by Crippen LogP contribution is -2.30. The van der Waals surface area contributed by atoms with Crippen LogP contribution in [-0.2, 0) is 6.54 Å². The number of urea groups is 1. The second-order valence-corrected chi connectivity index (χ2v) is 5.20. The molecule has 2 rings (SSSR count). The fourth-order valence-corrected chi connectivity index (χ4v) is 2.42. The lowest BCUT2D eigenvalue weighted by molar-refractivity contribution is 0.0693. The van der Waals surface area contributed by atoms with E-state index in [0.29, 0.717) is 6.54 Å². The predicted molar refractivity (Wildman–Crippen MR) is 79.9 cm³/mol. The highest BCUT2D eigenvalue weighted by Gasteiger charge is 2.16. The number of carboxylic acids is 1. The summed E-state index contributed by atoms with van der Waals surface area (Å²) < 4.78 is 0. The number of amides is 2. The molecule has 0 saturated carbocycles. The number of carboxylic acid groups (broad SMARTS) is 1. The molecule has 2 amide bonds. The largest absolute Gasteiger partial charge is 0.505 e. The Labute approximate surface area is 125 Å². The first-order chi connectivity index (χ1) is 9.99. The van der Waals surface area contributed by atoms with Gasteiger partial charge in [0.05, 0.1) is 5.69 Å². The van der Waals surface area contributed by atoms with Gasteiger partial charge < -0.3 is 20.4 Å². The molecule has 0 radical (unpaired) electrons. The van der Waals surface area contributed by atoms with Gasteiger partial charge in [-0.25, -0.2) is 9.59 Å². The van der Waals surface area contributed by atoms with Crippen LogP contribution in [0.15, 0.2) is 35.0 Å². The van der Waals surface area contributed by atoms with Crippen LogP contribution < -0.4 is 5.32 Å². The average Bonchev–Trinajstić information content (AvgIpc) is 2.93. The van der Waals surface area contributed by atoms with Gasteiger partial charge in [0, 0.05) is 13.6 Å². The van der Waals surface area contributed by atoms with Gasteiger partial charge in [-0.3, -0.25) is 0 Å². The monoisotopic (exact) mass is 306 g/mol. The maximum atomic E-state index is 12.0. The van der Waals surface area contributed by atoms with E-state index in [1.807, 2.05) is 16.8 Å². The minimum absolute atomic E-state index is 0.0667. The van der Waals surface area contributed by atoms with Crippen LogP contribution in [-0.4, -0.2) is 34.2 Å². The fraction of sp³-hybridized carbons (Fsp3) is 0.143. The molecule has 6 nitrogen and oxygen atoms in total. The van der Waals surface area contributed by atoms with E-state index in [1.54, 1.807) is 18.4 Å². The molecule has 0 spiro atoms. The van der Waals surface area contributed by atoms with Crippen LogP contribution in [0.25, 0.3) is 0 Å². The maximum Gasteiger partial charge on any atom is 0.339 e. The molecule has 0 unspecified atom stereocenters. The molecule has 0 aliphatic carbocycles. The number of aromatic carboxylic acids is 1. The Hall–Kier alpha value is -2.54. The van der Waals surface area contributed by atoms with Crippen molar-refractivity contribution < 1.29 is 19.8 Å². The van der Waals surface area contributed by atoms with Crippen molar-refractivity contribution in [1.29, 1.82) is 0 Å². The van der Waals surface area contributed by atoms with E-state index in [9.17, 15) is 14.7 Å². The van der Waals surface area contributed by atoms with Gasteiger partial charge in [0.2, 0.25) is 0 Å². The number of thiophene rings is 1. The van der Waals surface area contributed by atoms with Crippen LogP contribution in [0.2, 0.25) is 0 Å². The molecule has 0 bridgehead atoms. The molecule has 1 aromatic carbocycles. The number of carbonyl (C=O) groups excluding carboxylic acids is 1. The van der Waals surface area contributed by atoms with E-state index in [1.165, 1.54) is 23.1 Å². The number of hydrogen-bond acceptors (Lipinski definition) is 4. The van der Waals surface area contributed by atoms with E-state index >= 15 is 0 Å². The lowest BCUT2D eigenvalue weighted by Gasteiger charge is -2.18. The zero-order valence-electron chi connectivity index (χ0n) is 11.2. The highest BCUT2D eigenvalue weighted by molar-refractivity contribution is 7.07. The summed E-state index contributed by atoms with van der Waals surface area (Å²) in [6.45, 7) is 0.425. The van der Waals surface area contributed by atoms with E-state index < -0.39 is 17.7 Å². The standard InChI is InChI=1S/C14H14N2O4S/c1-16(7-9-5-6-21-8-9)14(20)15-11-4-2-3-10(12(11)17)13(18)19/h2-6,8,17H,7H2,1H3,(H,15,20)(H,18,19). The van der Waals surface area contributed by atoms with E-state index in [0.717, 1.165) is 5.56 Å². The highest BCUT2D eigenvalue weighted by Crippen LogP contribution is 2.27. The number of nitrogens with one attached hydrogen (secondary N) is 1. The number of anilines is 1. The first-order valence-electron chi connectivity index (χ1n) is 6.07. The van der Waals surface area contributed by atoms with Crippen LogP contribution in [0.1, 0.15) is 15.9 Å². The Kier molecular flexibility index (Phi) is 4.44. The molecular formula is C14H14N2O4S. The van der Waals surface area contributed by atoms with Crippen LogP contribution in [0.5, 0.6) is 5.75 Å². The molecule has 0 aliphatic rings. The van der Waals surface area contributed by atoms with Crippen molar-refractivity contribution in [1.82, 2.24) is 4.90 Å². The summed E-state index contributed by atoms with van der Waals surface area (Å²) in [5, 5.41) is 25.1. The molecule has 3 N–H and O–H groups in total. The number of hydrogen-bond donors (Lipinski definition) is 3. The smallest absolute Gasteiger partial charge is 0.339 e. The van der Waals surface area contributed by atoms with Crippen molar-refractivity contribution in [2.75, 3.05) is 12.4 Å². The van der Waals surface area contributed by atoms with Gasteiger partial charge in [0.15, 0.2) is 5.75 Å². The van der Waals surface area contributed by atoms with Crippen LogP contribution >= 0.6 is 11.3 Å². The van der Waals surface area contributed by atoms with Crippen molar-refractivity contribution >= 4 is 29.0 Å². The zero-order chi connectivity index (χ0) is 15.4. The lowest BCUT2D eigenvalue weighted by atomic mass is 10.1. The summed E-state index contributed by atoms with van der Waals surface area (Å²) in [5.74, 6) is -1.71. The Morgan fingerprint density at radius 3 is 2.71 bits per heavy atom. The van der Waals surface area contributed by atoms with Gasteiger partial charge in [-0.1, -0.05) is 6.07 Å². The number of aromatic hydroxyl groups is 1. The molecule has 21 heavy (non-hydrogen) atoms. The molecule has 0 fully saturated rings. The summed E-state index contributed by atoms with van der Waals surface area (Å²) in [7, 11) is 1.62. The van der Waals surface area contributed by atoms with Crippen LogP contribution in [0.3, 0.4) is 0 Å². The van der Waals surface area contributed by atoms with Crippen molar-refractivity contribution in [3.05, 3.63) is 46.2 Å². The Bertz CT molecular complexity index is 655. The van der Waals surface area contributed by atoms with Crippen molar-refractivity contribution in [2.45, 2.75) is 6.54 Å². The molecule has 1 heterocycles. The quantitative estimate of drug-likeness (QED) is 0.758. The summed E-state index contributed by atoms with van der Waals surface area (Å²) >= 11 is 1.54. The van der Waals surface area contributed by atoms with Crippen LogP contribution in [0.4, 0.5) is 10.5 Å². The molecule has 110 valence electrons. The summed E-state index contributed by atoms with van der Waals surface area (Å²) in [6.07, 6.45) is 0. The number of phenols is 1. The average molecular weight is 306 g/mol. The third-order valence-electron chi connectivity index (χ3n) is 2.85. The van der Waals surface area contributed by atoms with E-state index in [2.05, 4.69) is 5.32 Å². The number of benzene rings is 1. The topological polar surface area (TPSA) is 89.9 Å². The van der Waals surface area contributed by atoms with Crippen molar-refractivity contribution in [2.24, 2.45) is 0 Å². The first kappa shape index (κ1) is 14.9. The maximum absolute atomic E-state index is 12.0. The van der Waals surface area contributed by atoms with Gasteiger partial charge in [-0.15, -0.1) is 0 Å². The van der Waals surface area contributed by atoms with E-state index in [-0.39, 0.29) is 11.3 Å². The number of nitrogens with zero attached hydrogens (tertiary/aromatic N) is 1. The SMILES string of the molecule is CN(Cc1ccsc1)C(=O)Nc1cccc(C(=O)O)c1O. The normalized spacial score (nSPS) is 10.1. The molecule has 0 saturated heterocycles. The second kappa shape index (κ2) is 6.27. The van der Waals surface area contributed by atoms with Gasteiger partial charge in [-0.05, 0) is 34.5 Å². The fourth-order valence-electron chi connectivity index (χ4n) is 1.76. The number of rotatable bonds is 4. The van der Waals surface area contributed by atoms with E-state index in [4.69, 9.17) is 5.11 Å². The third kappa shape index (κ3) is 3.51. The molecule has 1 aromatic heterocycles. The molecular weight excluding hydrogens is 292 g/mol. The minimum atomic E-state index is -1.25. The Morgan fingerprint density at radius 2 is 2.10 bits per heavy atom. The molecule has 2 aromatic rings. The third-order valence-corrected chi connectivity index (χ3v) is 3.59.